The molecule has 6 nitrogen and oxygen atoms in total. The summed E-state index contributed by atoms with van der Waals surface area (Å²) in [6, 6.07) is -1.05. The minimum absolute atomic E-state index is 0.226. The van der Waals surface area contributed by atoms with Crippen molar-refractivity contribution >= 4 is 12.1 Å². The molecule has 1 aliphatic heterocycles. The summed E-state index contributed by atoms with van der Waals surface area (Å²) in [5.41, 5.74) is -0.640. The van der Waals surface area contributed by atoms with Crippen LogP contribution in [0.3, 0.4) is 0 Å². The van der Waals surface area contributed by atoms with E-state index in [2.05, 4.69) is 0 Å². The van der Waals surface area contributed by atoms with Crippen molar-refractivity contribution < 1.29 is 24.2 Å². The Balaban J connectivity index is 2.79. The number of hydrogen-bond donors (Lipinski definition) is 1. The van der Waals surface area contributed by atoms with Gasteiger partial charge in [-0.05, 0) is 40.5 Å². The Hall–Kier alpha value is -1.30. The number of carbonyl (C=O) groups excluding carboxylic acids is 1. The van der Waals surface area contributed by atoms with Gasteiger partial charge in [-0.25, -0.2) is 9.59 Å². The summed E-state index contributed by atoms with van der Waals surface area (Å²) in [6.45, 7) is 8.02. The highest BCUT2D eigenvalue weighted by Gasteiger charge is 2.42. The van der Waals surface area contributed by atoms with Crippen LogP contribution >= 0.6 is 0 Å². The van der Waals surface area contributed by atoms with Gasteiger partial charge in [-0.1, -0.05) is 0 Å². The molecule has 0 aromatic rings. The van der Waals surface area contributed by atoms with Gasteiger partial charge in [0.1, 0.15) is 11.6 Å². The lowest BCUT2D eigenvalue weighted by Gasteiger charge is -2.30. The van der Waals surface area contributed by atoms with Crippen molar-refractivity contribution in [2.75, 3.05) is 13.2 Å². The van der Waals surface area contributed by atoms with E-state index in [4.69, 9.17) is 9.47 Å². The maximum Gasteiger partial charge on any atom is 0.411 e. The quantitative estimate of drug-likeness (QED) is 0.846. The van der Waals surface area contributed by atoms with E-state index in [0.29, 0.717) is 26.1 Å². The SMILES string of the molecule is CCOC[C@@H]1CC[C@@H](C(=O)O)N1C(=O)OC(C)(C)C. The number of ether oxygens (including phenoxy) is 2. The van der Waals surface area contributed by atoms with Gasteiger partial charge in [0.2, 0.25) is 0 Å². The molecule has 19 heavy (non-hydrogen) atoms. The first kappa shape index (κ1) is 15.8. The van der Waals surface area contributed by atoms with Crippen LogP contribution in [0.1, 0.15) is 40.5 Å². The number of likely N-dealkylation sites (tertiary alicyclic amines) is 1. The molecule has 0 aromatic heterocycles. The van der Waals surface area contributed by atoms with Crippen LogP contribution in [-0.4, -0.2) is 53.0 Å². The second-order valence-corrected chi connectivity index (χ2v) is 5.63. The van der Waals surface area contributed by atoms with Crippen LogP contribution in [-0.2, 0) is 14.3 Å². The molecular formula is C13H23NO5. The summed E-state index contributed by atoms with van der Waals surface area (Å²) in [6.07, 6.45) is 0.477. The Morgan fingerprint density at radius 2 is 1.95 bits per heavy atom. The molecule has 0 spiro atoms. The van der Waals surface area contributed by atoms with Crippen molar-refractivity contribution in [3.63, 3.8) is 0 Å². The van der Waals surface area contributed by atoms with Gasteiger partial charge in [-0.3, -0.25) is 4.90 Å². The molecule has 1 amide bonds. The van der Waals surface area contributed by atoms with E-state index in [0.717, 1.165) is 0 Å². The summed E-state index contributed by atoms with van der Waals surface area (Å²) in [7, 11) is 0. The normalized spacial score (nSPS) is 23.5. The molecule has 1 fully saturated rings. The van der Waals surface area contributed by atoms with Crippen molar-refractivity contribution in [1.82, 2.24) is 4.90 Å². The Bertz CT molecular complexity index is 336. The van der Waals surface area contributed by atoms with Crippen molar-refractivity contribution in [1.29, 1.82) is 0 Å². The van der Waals surface area contributed by atoms with E-state index >= 15 is 0 Å². The number of carbonyl (C=O) groups is 2. The largest absolute Gasteiger partial charge is 0.480 e. The Kier molecular flexibility index (Phi) is 5.17. The molecule has 0 radical (unpaired) electrons. The van der Waals surface area contributed by atoms with Crippen molar-refractivity contribution in [3.05, 3.63) is 0 Å². The van der Waals surface area contributed by atoms with Gasteiger partial charge >= 0.3 is 12.1 Å². The van der Waals surface area contributed by atoms with Gasteiger partial charge in [-0.2, -0.15) is 0 Å². The molecule has 2 atom stereocenters. The molecule has 1 N–H and O–H groups in total. The molecule has 1 aliphatic rings. The number of hydrogen-bond acceptors (Lipinski definition) is 4. The molecule has 110 valence electrons. The van der Waals surface area contributed by atoms with Crippen LogP contribution in [0.25, 0.3) is 0 Å². The van der Waals surface area contributed by atoms with E-state index in [1.807, 2.05) is 6.92 Å². The van der Waals surface area contributed by atoms with Gasteiger partial charge < -0.3 is 14.6 Å². The first-order chi connectivity index (χ1) is 8.76. The number of rotatable bonds is 4. The van der Waals surface area contributed by atoms with Crippen LogP contribution in [0, 0.1) is 0 Å². The highest BCUT2D eigenvalue weighted by atomic mass is 16.6. The Morgan fingerprint density at radius 1 is 1.32 bits per heavy atom. The first-order valence-electron chi connectivity index (χ1n) is 6.58. The van der Waals surface area contributed by atoms with Crippen molar-refractivity contribution in [2.45, 2.75) is 58.2 Å². The fraction of sp³-hybridized carbons (Fsp3) is 0.846. The summed E-state index contributed by atoms with van der Waals surface area (Å²) in [5.74, 6) is -0.996. The smallest absolute Gasteiger partial charge is 0.411 e. The van der Waals surface area contributed by atoms with Crippen LogP contribution in [0.4, 0.5) is 4.79 Å². The highest BCUT2D eigenvalue weighted by Crippen LogP contribution is 2.27. The summed E-state index contributed by atoms with van der Waals surface area (Å²) in [4.78, 5) is 24.7. The topological polar surface area (TPSA) is 76.1 Å². The van der Waals surface area contributed by atoms with Gasteiger partial charge in [-0.15, -0.1) is 0 Å². The average Bonchev–Trinajstić information content (AvgIpc) is 2.67. The maximum absolute atomic E-state index is 12.1. The van der Waals surface area contributed by atoms with Crippen LogP contribution in [0.2, 0.25) is 0 Å². The molecule has 0 bridgehead atoms. The van der Waals surface area contributed by atoms with Gasteiger partial charge in [0.15, 0.2) is 0 Å². The predicted molar refractivity (Wildman–Crippen MR) is 69.0 cm³/mol. The second-order valence-electron chi connectivity index (χ2n) is 5.63. The minimum atomic E-state index is -0.996. The maximum atomic E-state index is 12.1. The van der Waals surface area contributed by atoms with E-state index in [-0.39, 0.29) is 6.04 Å². The van der Waals surface area contributed by atoms with Gasteiger partial charge in [0.25, 0.3) is 0 Å². The number of nitrogens with zero attached hydrogens (tertiary/aromatic N) is 1. The van der Waals surface area contributed by atoms with E-state index < -0.39 is 23.7 Å². The summed E-state index contributed by atoms with van der Waals surface area (Å²) >= 11 is 0. The zero-order chi connectivity index (χ0) is 14.6. The molecule has 1 rings (SSSR count). The molecule has 0 saturated carbocycles. The number of carboxylic acids is 1. The fourth-order valence-electron chi connectivity index (χ4n) is 2.13. The molecule has 6 heteroatoms. The van der Waals surface area contributed by atoms with Crippen molar-refractivity contribution in [2.24, 2.45) is 0 Å². The van der Waals surface area contributed by atoms with Crippen molar-refractivity contribution in [3.8, 4) is 0 Å². The number of carboxylic acid groups (broad SMARTS) is 1. The Labute approximate surface area is 113 Å². The van der Waals surface area contributed by atoms with E-state index in [1.54, 1.807) is 20.8 Å². The molecule has 0 unspecified atom stereocenters. The first-order valence-corrected chi connectivity index (χ1v) is 6.58. The molecule has 0 aromatic carbocycles. The predicted octanol–water partition coefficient (Wildman–Crippen LogP) is 1.88. The lowest BCUT2D eigenvalue weighted by Crippen LogP contribution is -2.48. The standard InChI is InChI=1S/C13H23NO5/c1-5-18-8-9-6-7-10(11(15)16)14(9)12(17)19-13(2,3)4/h9-10H,5-8H2,1-4H3,(H,15,16)/t9-,10-/m0/s1. The number of aliphatic carboxylic acids is 1. The third kappa shape index (κ3) is 4.38. The summed E-state index contributed by atoms with van der Waals surface area (Å²) < 4.78 is 10.6. The highest BCUT2D eigenvalue weighted by molar-refractivity contribution is 5.81. The minimum Gasteiger partial charge on any atom is -0.480 e. The Morgan fingerprint density at radius 3 is 2.42 bits per heavy atom. The van der Waals surface area contributed by atoms with Crippen LogP contribution < -0.4 is 0 Å². The second kappa shape index (κ2) is 6.23. The molecule has 1 heterocycles. The molecular weight excluding hydrogens is 250 g/mol. The lowest BCUT2D eigenvalue weighted by atomic mass is 10.2. The lowest BCUT2D eigenvalue weighted by molar-refractivity contribution is -0.142. The van der Waals surface area contributed by atoms with Crippen LogP contribution in [0.5, 0.6) is 0 Å². The number of amides is 1. The van der Waals surface area contributed by atoms with Crippen LogP contribution in [0.15, 0.2) is 0 Å². The van der Waals surface area contributed by atoms with Gasteiger partial charge in [0, 0.05) is 6.61 Å². The summed E-state index contributed by atoms with van der Waals surface area (Å²) in [5, 5.41) is 9.18. The van der Waals surface area contributed by atoms with Gasteiger partial charge in [0.05, 0.1) is 12.6 Å². The zero-order valence-electron chi connectivity index (χ0n) is 12.0. The third-order valence-corrected chi connectivity index (χ3v) is 2.91. The molecule has 0 aliphatic carbocycles. The van der Waals surface area contributed by atoms with E-state index in [1.165, 1.54) is 4.90 Å². The van der Waals surface area contributed by atoms with E-state index in [9.17, 15) is 14.7 Å². The third-order valence-electron chi connectivity index (χ3n) is 2.91. The average molecular weight is 273 g/mol. The fourth-order valence-corrected chi connectivity index (χ4v) is 2.13. The zero-order valence-corrected chi connectivity index (χ0v) is 12.0. The molecule has 1 saturated heterocycles. The monoisotopic (exact) mass is 273 g/mol.